The lowest BCUT2D eigenvalue weighted by Gasteiger charge is -2.27. The molecule has 2 amide bonds. The van der Waals surface area contributed by atoms with Gasteiger partial charge in [-0.15, -0.1) is 0 Å². The van der Waals surface area contributed by atoms with E-state index in [1.807, 2.05) is 0 Å². The number of carbonyl (C=O) groups is 2. The molecule has 0 radical (unpaired) electrons. The lowest BCUT2D eigenvalue weighted by atomic mass is 9.80. The van der Waals surface area contributed by atoms with E-state index in [2.05, 4.69) is 0 Å². The number of amides is 2. The molecule has 0 aliphatic carbocycles. The highest BCUT2D eigenvalue weighted by molar-refractivity contribution is 6.58. The lowest BCUT2D eigenvalue weighted by molar-refractivity contribution is 0.0893. The highest BCUT2D eigenvalue weighted by Gasteiger charge is 2.34. The van der Waals surface area contributed by atoms with E-state index in [1.165, 1.54) is 12.1 Å². The van der Waals surface area contributed by atoms with Crippen LogP contribution in [0.25, 0.3) is 10.8 Å². The zero-order chi connectivity index (χ0) is 17.7. The summed E-state index contributed by atoms with van der Waals surface area (Å²) < 4.78 is 0. The number of nitrogens with zero attached hydrogens (tertiary/aromatic N) is 1. The minimum Gasteiger partial charge on any atom is -0.423 e. The third kappa shape index (κ3) is 2.29. The Kier molecular flexibility index (Phi) is 3.35. The predicted molar refractivity (Wildman–Crippen MR) is 95.8 cm³/mol. The van der Waals surface area contributed by atoms with Crippen molar-refractivity contribution in [2.75, 3.05) is 10.6 Å². The van der Waals surface area contributed by atoms with Crippen LogP contribution in [0.15, 0.2) is 54.6 Å². The van der Waals surface area contributed by atoms with Crippen LogP contribution in [0.2, 0.25) is 0 Å². The Hall–Kier alpha value is -3.16. The number of anilines is 2. The Morgan fingerprint density at radius 3 is 2.36 bits per heavy atom. The second-order valence-corrected chi connectivity index (χ2v) is 5.89. The third-order valence-electron chi connectivity index (χ3n) is 4.29. The SMILES string of the molecule is Nc1cc2c3c(cccc3c1)C(=O)N(c1cccc(B(O)O)c1)C2=O. The molecule has 7 heteroatoms. The van der Waals surface area contributed by atoms with E-state index < -0.39 is 18.9 Å². The summed E-state index contributed by atoms with van der Waals surface area (Å²) in [5.74, 6) is -0.956. The number of hydrogen-bond acceptors (Lipinski definition) is 5. The molecule has 0 atom stereocenters. The van der Waals surface area contributed by atoms with E-state index in [1.54, 1.807) is 42.5 Å². The summed E-state index contributed by atoms with van der Waals surface area (Å²) in [6, 6.07) is 14.5. The van der Waals surface area contributed by atoms with Gasteiger partial charge in [0.2, 0.25) is 0 Å². The Labute approximate surface area is 143 Å². The molecule has 4 rings (SSSR count). The number of benzene rings is 3. The Balaban J connectivity index is 1.95. The van der Waals surface area contributed by atoms with E-state index in [0.29, 0.717) is 22.2 Å². The van der Waals surface area contributed by atoms with Crippen molar-refractivity contribution in [3.05, 3.63) is 65.7 Å². The highest BCUT2D eigenvalue weighted by Crippen LogP contribution is 2.34. The molecule has 0 spiro atoms. The van der Waals surface area contributed by atoms with E-state index >= 15 is 0 Å². The zero-order valence-corrected chi connectivity index (χ0v) is 13.0. The molecule has 0 aromatic heterocycles. The Morgan fingerprint density at radius 2 is 1.60 bits per heavy atom. The maximum absolute atomic E-state index is 13.0. The molecular weight excluding hydrogens is 319 g/mol. The van der Waals surface area contributed by atoms with Gasteiger partial charge in [0.05, 0.1) is 11.3 Å². The van der Waals surface area contributed by atoms with Crippen LogP contribution in [0.3, 0.4) is 0 Å². The van der Waals surface area contributed by atoms with Crippen molar-refractivity contribution in [3.8, 4) is 0 Å². The van der Waals surface area contributed by atoms with Gasteiger partial charge in [-0.3, -0.25) is 9.59 Å². The third-order valence-corrected chi connectivity index (χ3v) is 4.29. The summed E-state index contributed by atoms with van der Waals surface area (Å²) in [6.07, 6.45) is 0. The quantitative estimate of drug-likeness (QED) is 0.368. The molecule has 3 aromatic carbocycles. The van der Waals surface area contributed by atoms with E-state index in [9.17, 15) is 19.6 Å². The van der Waals surface area contributed by atoms with Crippen molar-refractivity contribution in [1.82, 2.24) is 0 Å². The Morgan fingerprint density at radius 1 is 0.880 bits per heavy atom. The number of nitrogen functional groups attached to an aromatic ring is 1. The minimum atomic E-state index is -1.69. The topological polar surface area (TPSA) is 104 Å². The van der Waals surface area contributed by atoms with Gasteiger partial charge in [0.25, 0.3) is 11.8 Å². The fourth-order valence-corrected chi connectivity index (χ4v) is 3.19. The second kappa shape index (κ2) is 5.44. The average molecular weight is 332 g/mol. The molecular formula is C18H13BN2O4. The Bertz CT molecular complexity index is 1050. The van der Waals surface area contributed by atoms with E-state index in [-0.39, 0.29) is 11.2 Å². The number of hydrogen-bond donors (Lipinski definition) is 3. The molecule has 4 N–H and O–H groups in total. The van der Waals surface area contributed by atoms with E-state index in [0.717, 1.165) is 10.3 Å². The molecule has 0 bridgehead atoms. The van der Waals surface area contributed by atoms with Crippen LogP contribution < -0.4 is 16.1 Å². The number of carbonyl (C=O) groups excluding carboxylic acids is 2. The standard InChI is InChI=1S/C18H13BN2O4/c20-12-7-10-3-1-6-14-16(10)15(9-12)18(23)21(17(14)22)13-5-2-4-11(8-13)19(24)25/h1-9,24-25H,20H2. The van der Waals surface area contributed by atoms with Crippen LogP contribution in [0.5, 0.6) is 0 Å². The molecule has 6 nitrogen and oxygen atoms in total. The largest absolute Gasteiger partial charge is 0.488 e. The fraction of sp³-hybridized carbons (Fsp3) is 0. The van der Waals surface area contributed by atoms with Crippen molar-refractivity contribution < 1.29 is 19.6 Å². The van der Waals surface area contributed by atoms with Crippen LogP contribution in [0.4, 0.5) is 11.4 Å². The monoisotopic (exact) mass is 332 g/mol. The normalized spacial score (nSPS) is 13.4. The first-order valence-corrected chi connectivity index (χ1v) is 7.64. The van der Waals surface area contributed by atoms with Crippen LogP contribution in [0.1, 0.15) is 20.7 Å². The number of imide groups is 1. The molecule has 1 heterocycles. The maximum Gasteiger partial charge on any atom is 0.488 e. The van der Waals surface area contributed by atoms with Crippen molar-refractivity contribution >= 4 is 46.5 Å². The zero-order valence-electron chi connectivity index (χ0n) is 13.0. The highest BCUT2D eigenvalue weighted by atomic mass is 16.4. The molecule has 1 aliphatic heterocycles. The minimum absolute atomic E-state index is 0.190. The molecule has 0 saturated carbocycles. The summed E-state index contributed by atoms with van der Waals surface area (Å²) in [5, 5.41) is 20.0. The van der Waals surface area contributed by atoms with Gasteiger partial charge in [-0.25, -0.2) is 4.90 Å². The number of rotatable bonds is 2. The molecule has 3 aromatic rings. The van der Waals surface area contributed by atoms with Gasteiger partial charge >= 0.3 is 7.12 Å². The van der Waals surface area contributed by atoms with Crippen LogP contribution in [-0.4, -0.2) is 29.0 Å². The number of nitrogens with two attached hydrogens (primary N) is 1. The van der Waals surface area contributed by atoms with Gasteiger partial charge in [0.1, 0.15) is 0 Å². The van der Waals surface area contributed by atoms with Crippen LogP contribution >= 0.6 is 0 Å². The van der Waals surface area contributed by atoms with Crippen molar-refractivity contribution in [1.29, 1.82) is 0 Å². The summed E-state index contributed by atoms with van der Waals surface area (Å²) in [5.41, 5.74) is 7.54. The molecule has 122 valence electrons. The van der Waals surface area contributed by atoms with Gasteiger partial charge in [-0.2, -0.15) is 0 Å². The smallest absolute Gasteiger partial charge is 0.423 e. The van der Waals surface area contributed by atoms with Crippen LogP contribution in [-0.2, 0) is 0 Å². The summed E-state index contributed by atoms with van der Waals surface area (Å²) in [4.78, 5) is 26.9. The molecule has 0 fully saturated rings. The van der Waals surface area contributed by atoms with Crippen LogP contribution in [0, 0.1) is 0 Å². The summed E-state index contributed by atoms with van der Waals surface area (Å²) in [6.45, 7) is 0. The first kappa shape index (κ1) is 15.4. The fourth-order valence-electron chi connectivity index (χ4n) is 3.19. The average Bonchev–Trinajstić information content (AvgIpc) is 2.59. The molecule has 25 heavy (non-hydrogen) atoms. The van der Waals surface area contributed by atoms with E-state index in [4.69, 9.17) is 5.73 Å². The van der Waals surface area contributed by atoms with Gasteiger partial charge in [0.15, 0.2) is 0 Å². The lowest BCUT2D eigenvalue weighted by Crippen LogP contribution is -2.41. The molecule has 0 saturated heterocycles. The molecule has 1 aliphatic rings. The maximum atomic E-state index is 13.0. The first-order chi connectivity index (χ1) is 12.0. The first-order valence-electron chi connectivity index (χ1n) is 7.64. The van der Waals surface area contributed by atoms with Gasteiger partial charge in [-0.1, -0.05) is 24.3 Å². The summed E-state index contributed by atoms with van der Waals surface area (Å²) in [7, 11) is -1.69. The second-order valence-electron chi connectivity index (χ2n) is 5.89. The predicted octanol–water partition coefficient (Wildman–Crippen LogP) is 0.902. The van der Waals surface area contributed by atoms with Gasteiger partial charge in [0, 0.05) is 16.6 Å². The molecule has 0 unspecified atom stereocenters. The van der Waals surface area contributed by atoms with Crippen molar-refractivity contribution in [3.63, 3.8) is 0 Å². The van der Waals surface area contributed by atoms with Crippen molar-refractivity contribution in [2.24, 2.45) is 0 Å². The van der Waals surface area contributed by atoms with Gasteiger partial charge in [-0.05, 0) is 41.2 Å². The summed E-state index contributed by atoms with van der Waals surface area (Å²) >= 11 is 0. The van der Waals surface area contributed by atoms with Gasteiger partial charge < -0.3 is 15.8 Å². The van der Waals surface area contributed by atoms with Crippen molar-refractivity contribution in [2.45, 2.75) is 0 Å².